The highest BCUT2D eigenvalue weighted by molar-refractivity contribution is 5.79. The SMILES string of the molecule is COc1ccc(N2CCN(C[C@H](O)COc3ccc4[nH]c(=O)ccc4c3)CC2)cc1. The molecule has 4 rings (SSSR count). The lowest BCUT2D eigenvalue weighted by molar-refractivity contribution is 0.0663. The molecule has 2 heterocycles. The molecule has 1 aromatic heterocycles. The molecule has 0 radical (unpaired) electrons. The van der Waals surface area contributed by atoms with Crippen LogP contribution in [0.1, 0.15) is 0 Å². The second kappa shape index (κ2) is 9.19. The molecule has 0 aliphatic carbocycles. The third-order valence-electron chi connectivity index (χ3n) is 5.42. The predicted molar refractivity (Wildman–Crippen MR) is 118 cm³/mol. The van der Waals surface area contributed by atoms with Crippen LogP contribution >= 0.6 is 0 Å². The van der Waals surface area contributed by atoms with E-state index < -0.39 is 6.10 Å². The maximum Gasteiger partial charge on any atom is 0.248 e. The van der Waals surface area contributed by atoms with E-state index in [0.29, 0.717) is 12.3 Å². The topological polar surface area (TPSA) is 78.0 Å². The fourth-order valence-electron chi connectivity index (χ4n) is 3.75. The molecule has 0 unspecified atom stereocenters. The monoisotopic (exact) mass is 409 g/mol. The second-order valence-electron chi connectivity index (χ2n) is 7.52. The highest BCUT2D eigenvalue weighted by Gasteiger charge is 2.20. The number of methoxy groups -OCH3 is 1. The van der Waals surface area contributed by atoms with Crippen molar-refractivity contribution in [3.05, 3.63) is 65.0 Å². The van der Waals surface area contributed by atoms with Gasteiger partial charge in [-0.3, -0.25) is 9.69 Å². The highest BCUT2D eigenvalue weighted by atomic mass is 16.5. The van der Waals surface area contributed by atoms with Crippen molar-refractivity contribution < 1.29 is 14.6 Å². The van der Waals surface area contributed by atoms with E-state index in [1.165, 1.54) is 11.8 Å². The van der Waals surface area contributed by atoms with E-state index in [2.05, 4.69) is 26.9 Å². The summed E-state index contributed by atoms with van der Waals surface area (Å²) in [6.07, 6.45) is -0.566. The van der Waals surface area contributed by atoms with Gasteiger partial charge in [0.25, 0.3) is 0 Å². The smallest absolute Gasteiger partial charge is 0.248 e. The summed E-state index contributed by atoms with van der Waals surface area (Å²) >= 11 is 0. The third kappa shape index (κ3) is 4.93. The minimum atomic E-state index is -0.566. The zero-order chi connectivity index (χ0) is 20.9. The third-order valence-corrected chi connectivity index (χ3v) is 5.42. The first kappa shape index (κ1) is 20.3. The number of nitrogens with zero attached hydrogens (tertiary/aromatic N) is 2. The minimum absolute atomic E-state index is 0.126. The zero-order valence-electron chi connectivity index (χ0n) is 17.1. The number of piperazine rings is 1. The lowest BCUT2D eigenvalue weighted by Crippen LogP contribution is -2.49. The number of ether oxygens (including phenoxy) is 2. The van der Waals surface area contributed by atoms with Crippen LogP contribution < -0.4 is 19.9 Å². The average Bonchev–Trinajstić information content (AvgIpc) is 2.78. The number of aromatic nitrogens is 1. The highest BCUT2D eigenvalue weighted by Crippen LogP contribution is 2.21. The molecule has 30 heavy (non-hydrogen) atoms. The quantitative estimate of drug-likeness (QED) is 0.622. The van der Waals surface area contributed by atoms with Crippen molar-refractivity contribution in [1.29, 1.82) is 0 Å². The molecule has 1 aliphatic heterocycles. The van der Waals surface area contributed by atoms with E-state index in [4.69, 9.17) is 9.47 Å². The number of aliphatic hydroxyl groups excluding tert-OH is 1. The molecule has 1 fully saturated rings. The lowest BCUT2D eigenvalue weighted by atomic mass is 10.2. The number of pyridine rings is 1. The number of anilines is 1. The van der Waals surface area contributed by atoms with Gasteiger partial charge in [0, 0.05) is 55.4 Å². The Kier molecular flexibility index (Phi) is 6.21. The van der Waals surface area contributed by atoms with Crippen LogP contribution in [-0.4, -0.2) is 67.5 Å². The van der Waals surface area contributed by atoms with Crippen LogP contribution in [0.3, 0.4) is 0 Å². The Balaban J connectivity index is 1.24. The lowest BCUT2D eigenvalue weighted by Gasteiger charge is -2.36. The van der Waals surface area contributed by atoms with Crippen molar-refractivity contribution >= 4 is 16.6 Å². The van der Waals surface area contributed by atoms with Crippen LogP contribution in [0, 0.1) is 0 Å². The van der Waals surface area contributed by atoms with Crippen molar-refractivity contribution in [2.75, 3.05) is 51.3 Å². The van der Waals surface area contributed by atoms with E-state index >= 15 is 0 Å². The van der Waals surface area contributed by atoms with Gasteiger partial charge < -0.3 is 24.5 Å². The first-order chi connectivity index (χ1) is 14.6. The van der Waals surface area contributed by atoms with Crippen LogP contribution in [-0.2, 0) is 0 Å². The number of hydrogen-bond acceptors (Lipinski definition) is 6. The molecule has 0 saturated carbocycles. The molecular formula is C23H27N3O4. The van der Waals surface area contributed by atoms with Crippen LogP contribution in [0.2, 0.25) is 0 Å². The van der Waals surface area contributed by atoms with Crippen LogP contribution in [0.4, 0.5) is 5.69 Å². The van der Waals surface area contributed by atoms with E-state index in [0.717, 1.165) is 42.8 Å². The maximum atomic E-state index is 11.4. The first-order valence-electron chi connectivity index (χ1n) is 10.2. The number of aromatic amines is 1. The van der Waals surface area contributed by atoms with Gasteiger partial charge in [-0.2, -0.15) is 0 Å². The Morgan fingerprint density at radius 3 is 2.47 bits per heavy atom. The number of H-pyrrole nitrogens is 1. The van der Waals surface area contributed by atoms with Crippen molar-refractivity contribution in [2.24, 2.45) is 0 Å². The minimum Gasteiger partial charge on any atom is -0.497 e. The first-order valence-corrected chi connectivity index (χ1v) is 10.2. The Labute approximate surface area is 175 Å². The van der Waals surface area contributed by atoms with Crippen molar-refractivity contribution in [2.45, 2.75) is 6.10 Å². The molecule has 0 amide bonds. The molecule has 158 valence electrons. The Bertz CT molecular complexity index is 1030. The predicted octanol–water partition coefficient (Wildman–Crippen LogP) is 2.10. The van der Waals surface area contributed by atoms with Gasteiger partial charge in [0.15, 0.2) is 0 Å². The number of nitrogens with one attached hydrogen (secondary N) is 1. The molecule has 2 N–H and O–H groups in total. The molecule has 0 spiro atoms. The molecule has 0 bridgehead atoms. The summed E-state index contributed by atoms with van der Waals surface area (Å²) in [5.74, 6) is 1.54. The van der Waals surface area contributed by atoms with Crippen molar-refractivity contribution in [3.8, 4) is 11.5 Å². The Morgan fingerprint density at radius 1 is 1.00 bits per heavy atom. The van der Waals surface area contributed by atoms with Gasteiger partial charge in [-0.25, -0.2) is 0 Å². The van der Waals surface area contributed by atoms with Crippen LogP contribution in [0.15, 0.2) is 59.4 Å². The number of β-amino-alcohol motifs (C(OH)–C–C–N with tert-alkyl or cyclic N) is 1. The average molecular weight is 409 g/mol. The molecule has 1 aliphatic rings. The second-order valence-corrected chi connectivity index (χ2v) is 7.52. The van der Waals surface area contributed by atoms with Crippen molar-refractivity contribution in [1.82, 2.24) is 9.88 Å². The van der Waals surface area contributed by atoms with Gasteiger partial charge in [0.05, 0.1) is 7.11 Å². The fraction of sp³-hybridized carbons (Fsp3) is 0.348. The molecule has 7 nitrogen and oxygen atoms in total. The van der Waals surface area contributed by atoms with Gasteiger partial charge >= 0.3 is 0 Å². The largest absolute Gasteiger partial charge is 0.497 e. The van der Waals surface area contributed by atoms with Gasteiger partial charge in [0.2, 0.25) is 5.56 Å². The molecule has 3 aromatic rings. The van der Waals surface area contributed by atoms with E-state index in [9.17, 15) is 9.90 Å². The maximum absolute atomic E-state index is 11.4. The normalized spacial score (nSPS) is 15.9. The molecular weight excluding hydrogens is 382 g/mol. The Morgan fingerprint density at radius 2 is 1.73 bits per heavy atom. The zero-order valence-corrected chi connectivity index (χ0v) is 17.1. The van der Waals surface area contributed by atoms with E-state index in [1.807, 2.05) is 24.3 Å². The number of benzene rings is 2. The van der Waals surface area contributed by atoms with Crippen molar-refractivity contribution in [3.63, 3.8) is 0 Å². The standard InChI is InChI=1S/C23H27N3O4/c1-29-20-5-3-18(4-6-20)26-12-10-25(11-13-26)15-19(27)16-30-21-7-8-22-17(14-21)2-9-23(28)24-22/h2-9,14,19,27H,10-13,15-16H2,1H3,(H,24,28)/t19-/m0/s1. The summed E-state index contributed by atoms with van der Waals surface area (Å²) < 4.78 is 11.0. The number of hydrogen-bond donors (Lipinski definition) is 2. The summed E-state index contributed by atoms with van der Waals surface area (Å²) in [7, 11) is 1.67. The summed E-state index contributed by atoms with van der Waals surface area (Å²) in [6, 6.07) is 16.9. The number of rotatable bonds is 7. The van der Waals surface area contributed by atoms with Gasteiger partial charge in [0.1, 0.15) is 24.2 Å². The molecule has 2 aromatic carbocycles. The fourth-order valence-corrected chi connectivity index (χ4v) is 3.75. The van der Waals surface area contributed by atoms with Gasteiger partial charge in [-0.15, -0.1) is 0 Å². The molecule has 7 heteroatoms. The van der Waals surface area contributed by atoms with Gasteiger partial charge in [-0.1, -0.05) is 0 Å². The van der Waals surface area contributed by atoms with E-state index in [-0.39, 0.29) is 12.2 Å². The summed E-state index contributed by atoms with van der Waals surface area (Å²) in [5, 5.41) is 11.3. The van der Waals surface area contributed by atoms with Gasteiger partial charge in [-0.05, 0) is 48.5 Å². The van der Waals surface area contributed by atoms with Crippen LogP contribution in [0.25, 0.3) is 10.9 Å². The summed E-state index contributed by atoms with van der Waals surface area (Å²) in [5.41, 5.74) is 1.83. The molecule has 1 saturated heterocycles. The summed E-state index contributed by atoms with van der Waals surface area (Å²) in [4.78, 5) is 18.8. The summed E-state index contributed by atoms with van der Waals surface area (Å²) in [6.45, 7) is 4.44. The van der Waals surface area contributed by atoms with E-state index in [1.54, 1.807) is 19.2 Å². The Hall–Kier alpha value is -3.03. The number of fused-ring (bicyclic) bond motifs is 1. The number of aliphatic hydroxyl groups is 1. The van der Waals surface area contributed by atoms with Crippen LogP contribution in [0.5, 0.6) is 11.5 Å². The molecule has 1 atom stereocenters.